The van der Waals surface area contributed by atoms with Gasteiger partial charge in [-0.3, -0.25) is 4.79 Å². The van der Waals surface area contributed by atoms with Crippen LogP contribution in [0.15, 0.2) is 63.2 Å². The summed E-state index contributed by atoms with van der Waals surface area (Å²) in [6, 6.07) is 13.4. The van der Waals surface area contributed by atoms with Crippen LogP contribution >= 0.6 is 11.3 Å². The summed E-state index contributed by atoms with van der Waals surface area (Å²) >= 11 is 1.66. The second-order valence-electron chi connectivity index (χ2n) is 7.58. The van der Waals surface area contributed by atoms with E-state index in [2.05, 4.69) is 10.3 Å². The molecular formula is C23H21N3O4S2. The Morgan fingerprint density at radius 3 is 2.94 bits per heavy atom. The van der Waals surface area contributed by atoms with Crippen molar-refractivity contribution in [1.82, 2.24) is 9.29 Å². The van der Waals surface area contributed by atoms with E-state index < -0.39 is 10.0 Å². The van der Waals surface area contributed by atoms with Crippen LogP contribution in [0.25, 0.3) is 11.1 Å². The predicted octanol–water partition coefficient (Wildman–Crippen LogP) is 4.45. The number of hydrogen-bond donors (Lipinski definition) is 1. The van der Waals surface area contributed by atoms with Gasteiger partial charge in [-0.05, 0) is 59.8 Å². The molecule has 3 heterocycles. The van der Waals surface area contributed by atoms with Crippen LogP contribution < -0.4 is 5.32 Å². The van der Waals surface area contributed by atoms with Gasteiger partial charge in [0, 0.05) is 35.6 Å². The van der Waals surface area contributed by atoms with E-state index >= 15 is 0 Å². The summed E-state index contributed by atoms with van der Waals surface area (Å²) in [5, 5.41) is 4.81. The molecule has 5 rings (SSSR count). The number of aromatic nitrogens is 1. The minimum Gasteiger partial charge on any atom is -0.441 e. The summed E-state index contributed by atoms with van der Waals surface area (Å²) in [7, 11) is -3.70. The SMILES string of the molecule is CCc1nc2cc(NC(=O)c3cccc(S(=O)(=O)N4CCc5sccc5C4)c3)ccc2o1. The number of hydrogen-bond acceptors (Lipinski definition) is 6. The normalized spacial score (nSPS) is 14.4. The molecule has 4 aromatic rings. The molecule has 1 aliphatic heterocycles. The standard InChI is InChI=1S/C23H21N3O4S2/c1-2-22-25-19-13-17(6-7-20(19)30-22)24-23(27)15-4-3-5-18(12-15)32(28,29)26-10-8-21-16(14-26)9-11-31-21/h3-7,9,11-13H,2,8,10,14H2,1H3,(H,24,27). The molecule has 9 heteroatoms. The van der Waals surface area contributed by atoms with Gasteiger partial charge in [0.15, 0.2) is 11.5 Å². The second kappa shape index (κ2) is 8.16. The molecule has 0 fully saturated rings. The van der Waals surface area contributed by atoms with Crippen molar-refractivity contribution in [2.45, 2.75) is 31.2 Å². The lowest BCUT2D eigenvalue weighted by Gasteiger charge is -2.26. The smallest absolute Gasteiger partial charge is 0.255 e. The van der Waals surface area contributed by atoms with Crippen molar-refractivity contribution >= 4 is 44.1 Å². The Kier molecular flexibility index (Phi) is 5.32. The van der Waals surface area contributed by atoms with Gasteiger partial charge in [0.1, 0.15) is 5.52 Å². The first-order valence-corrected chi connectivity index (χ1v) is 12.6. The predicted molar refractivity (Wildman–Crippen MR) is 123 cm³/mol. The molecular weight excluding hydrogens is 446 g/mol. The Balaban J connectivity index is 1.37. The van der Waals surface area contributed by atoms with E-state index in [4.69, 9.17) is 4.42 Å². The molecule has 2 aromatic carbocycles. The highest BCUT2D eigenvalue weighted by Gasteiger charge is 2.29. The van der Waals surface area contributed by atoms with Crippen LogP contribution in [0.1, 0.15) is 33.6 Å². The number of rotatable bonds is 5. The number of sulfonamides is 1. The van der Waals surface area contributed by atoms with E-state index in [1.165, 1.54) is 21.3 Å². The molecule has 164 valence electrons. The molecule has 0 bridgehead atoms. The topological polar surface area (TPSA) is 92.5 Å². The minimum atomic E-state index is -3.70. The lowest BCUT2D eigenvalue weighted by atomic mass is 10.1. The fourth-order valence-electron chi connectivity index (χ4n) is 3.78. The summed E-state index contributed by atoms with van der Waals surface area (Å²) < 4.78 is 33.5. The van der Waals surface area contributed by atoms with Crippen LogP contribution in [-0.4, -0.2) is 30.2 Å². The van der Waals surface area contributed by atoms with Gasteiger partial charge in [0.05, 0.1) is 4.90 Å². The van der Waals surface area contributed by atoms with E-state index in [1.54, 1.807) is 41.7 Å². The quantitative estimate of drug-likeness (QED) is 0.468. The van der Waals surface area contributed by atoms with Gasteiger partial charge in [-0.15, -0.1) is 11.3 Å². The first kappa shape index (κ1) is 20.9. The molecule has 2 aromatic heterocycles. The maximum atomic E-state index is 13.2. The number of benzene rings is 2. The highest BCUT2D eigenvalue weighted by molar-refractivity contribution is 7.89. The van der Waals surface area contributed by atoms with Gasteiger partial charge in [0.2, 0.25) is 10.0 Å². The Hall–Kier alpha value is -3.01. The van der Waals surface area contributed by atoms with E-state index in [-0.39, 0.29) is 16.4 Å². The Labute approximate surface area is 189 Å². The van der Waals surface area contributed by atoms with Crippen molar-refractivity contribution in [3.05, 3.63) is 75.8 Å². The van der Waals surface area contributed by atoms with Crippen LogP contribution in [0, 0.1) is 0 Å². The highest BCUT2D eigenvalue weighted by Crippen LogP contribution is 2.28. The van der Waals surface area contributed by atoms with E-state index in [1.807, 2.05) is 18.4 Å². The van der Waals surface area contributed by atoms with Gasteiger partial charge >= 0.3 is 0 Å². The molecule has 1 N–H and O–H groups in total. The zero-order valence-corrected chi connectivity index (χ0v) is 19.0. The maximum Gasteiger partial charge on any atom is 0.255 e. The molecule has 7 nitrogen and oxygen atoms in total. The number of carbonyl (C=O) groups excluding carboxylic acids is 1. The van der Waals surface area contributed by atoms with Crippen LogP contribution in [0.2, 0.25) is 0 Å². The lowest BCUT2D eigenvalue weighted by molar-refractivity contribution is 0.102. The molecule has 32 heavy (non-hydrogen) atoms. The number of oxazole rings is 1. The van der Waals surface area contributed by atoms with Crippen LogP contribution in [0.4, 0.5) is 5.69 Å². The van der Waals surface area contributed by atoms with Crippen molar-refractivity contribution < 1.29 is 17.6 Å². The maximum absolute atomic E-state index is 13.2. The highest BCUT2D eigenvalue weighted by atomic mass is 32.2. The van der Waals surface area contributed by atoms with Crippen LogP contribution in [-0.2, 0) is 29.4 Å². The summed E-state index contributed by atoms with van der Waals surface area (Å²) in [4.78, 5) is 18.6. The number of amides is 1. The third-order valence-corrected chi connectivity index (χ3v) is 8.36. The zero-order valence-electron chi connectivity index (χ0n) is 17.4. The third kappa shape index (κ3) is 3.83. The molecule has 0 atom stereocenters. The number of nitrogens with one attached hydrogen (secondary N) is 1. The summed E-state index contributed by atoms with van der Waals surface area (Å²) in [5.41, 5.74) is 3.20. The van der Waals surface area contributed by atoms with Crippen LogP contribution in [0.3, 0.4) is 0 Å². The van der Waals surface area contributed by atoms with Crippen molar-refractivity contribution in [3.8, 4) is 0 Å². The monoisotopic (exact) mass is 467 g/mol. The first-order valence-electron chi connectivity index (χ1n) is 10.3. The van der Waals surface area contributed by atoms with Crippen LogP contribution in [0.5, 0.6) is 0 Å². The fourth-order valence-corrected chi connectivity index (χ4v) is 6.14. The molecule has 0 saturated carbocycles. The van der Waals surface area contributed by atoms with E-state index in [0.717, 1.165) is 5.56 Å². The number of thiophene rings is 1. The van der Waals surface area contributed by atoms with Gasteiger partial charge in [-0.2, -0.15) is 4.31 Å². The van der Waals surface area contributed by atoms with Crippen molar-refractivity contribution in [2.24, 2.45) is 0 Å². The van der Waals surface area contributed by atoms with Gasteiger partial charge in [0.25, 0.3) is 5.91 Å². The number of nitrogens with zero attached hydrogens (tertiary/aromatic N) is 2. The molecule has 0 unspecified atom stereocenters. The molecule has 1 aliphatic rings. The van der Waals surface area contributed by atoms with Crippen molar-refractivity contribution in [1.29, 1.82) is 0 Å². The summed E-state index contributed by atoms with van der Waals surface area (Å²) in [6.07, 6.45) is 1.39. The average Bonchev–Trinajstić information content (AvgIpc) is 3.44. The molecule has 0 radical (unpaired) electrons. The van der Waals surface area contributed by atoms with Crippen molar-refractivity contribution in [3.63, 3.8) is 0 Å². The van der Waals surface area contributed by atoms with Gasteiger partial charge < -0.3 is 9.73 Å². The summed E-state index contributed by atoms with van der Waals surface area (Å²) in [5.74, 6) is 0.244. The lowest BCUT2D eigenvalue weighted by Crippen LogP contribution is -2.35. The minimum absolute atomic E-state index is 0.114. The molecule has 1 amide bonds. The fraction of sp³-hybridized carbons (Fsp3) is 0.217. The Bertz CT molecular complexity index is 1420. The van der Waals surface area contributed by atoms with Gasteiger partial charge in [-0.1, -0.05) is 13.0 Å². The molecule has 0 saturated heterocycles. The third-order valence-electron chi connectivity index (χ3n) is 5.50. The largest absolute Gasteiger partial charge is 0.441 e. The number of fused-ring (bicyclic) bond motifs is 2. The Morgan fingerprint density at radius 2 is 2.09 bits per heavy atom. The molecule has 0 spiro atoms. The van der Waals surface area contributed by atoms with Crippen molar-refractivity contribution in [2.75, 3.05) is 11.9 Å². The van der Waals surface area contributed by atoms with E-state index in [0.29, 0.717) is 48.6 Å². The number of carbonyl (C=O) groups is 1. The summed E-state index contributed by atoms with van der Waals surface area (Å²) in [6.45, 7) is 2.75. The average molecular weight is 468 g/mol. The zero-order chi connectivity index (χ0) is 22.3. The first-order chi connectivity index (χ1) is 15.4. The number of anilines is 1. The number of aryl methyl sites for hydroxylation is 1. The Morgan fingerprint density at radius 1 is 1.22 bits per heavy atom. The molecule has 0 aliphatic carbocycles. The second-order valence-corrected chi connectivity index (χ2v) is 10.5. The van der Waals surface area contributed by atoms with E-state index in [9.17, 15) is 13.2 Å². The van der Waals surface area contributed by atoms with Gasteiger partial charge in [-0.25, -0.2) is 13.4 Å².